The Bertz CT molecular complexity index is 280. The standard InChI is InChI=1S/C12H19NO2/c1-2-10-8-12(14,6-7-15-10)11(9-13)4-3-5-11/h10,14H,2-8H2,1H3. The van der Waals surface area contributed by atoms with Gasteiger partial charge >= 0.3 is 0 Å². The first-order valence-electron chi connectivity index (χ1n) is 5.91. The largest absolute Gasteiger partial charge is 0.388 e. The fourth-order valence-electron chi connectivity index (χ4n) is 2.84. The molecule has 2 fully saturated rings. The van der Waals surface area contributed by atoms with Crippen molar-refractivity contribution < 1.29 is 9.84 Å². The molecule has 2 atom stereocenters. The fraction of sp³-hybridized carbons (Fsp3) is 0.917. The zero-order valence-electron chi connectivity index (χ0n) is 9.33. The molecule has 1 N–H and O–H groups in total. The van der Waals surface area contributed by atoms with Crippen molar-refractivity contribution in [3.05, 3.63) is 0 Å². The highest BCUT2D eigenvalue weighted by Gasteiger charge is 2.56. The molecule has 84 valence electrons. The summed E-state index contributed by atoms with van der Waals surface area (Å²) < 4.78 is 5.56. The molecular formula is C12H19NO2. The SMILES string of the molecule is CCC1CC(O)(C2(C#N)CCC2)CCO1. The minimum atomic E-state index is -0.793. The summed E-state index contributed by atoms with van der Waals surface area (Å²) in [5.41, 5.74) is -1.26. The molecule has 0 radical (unpaired) electrons. The lowest BCUT2D eigenvalue weighted by atomic mass is 9.56. The molecule has 0 aromatic carbocycles. The Kier molecular flexibility index (Phi) is 2.74. The number of ether oxygens (including phenoxy) is 1. The topological polar surface area (TPSA) is 53.2 Å². The van der Waals surface area contributed by atoms with E-state index in [1.165, 1.54) is 0 Å². The number of nitrogens with zero attached hydrogens (tertiary/aromatic N) is 1. The molecule has 15 heavy (non-hydrogen) atoms. The van der Waals surface area contributed by atoms with Crippen LogP contribution in [0.5, 0.6) is 0 Å². The minimum Gasteiger partial charge on any atom is -0.388 e. The second-order valence-corrected chi connectivity index (χ2v) is 4.93. The van der Waals surface area contributed by atoms with Gasteiger partial charge in [-0.1, -0.05) is 13.3 Å². The second-order valence-electron chi connectivity index (χ2n) is 4.93. The predicted octanol–water partition coefficient (Wildman–Crippen LogP) is 2.00. The lowest BCUT2D eigenvalue weighted by Gasteiger charge is -2.51. The lowest BCUT2D eigenvalue weighted by molar-refractivity contribution is -0.172. The Balaban J connectivity index is 2.15. The molecule has 2 aliphatic rings. The molecule has 1 saturated heterocycles. The zero-order chi connectivity index (χ0) is 10.9. The van der Waals surface area contributed by atoms with Crippen molar-refractivity contribution in [3.8, 4) is 6.07 Å². The smallest absolute Gasteiger partial charge is 0.0879 e. The molecule has 2 rings (SSSR count). The van der Waals surface area contributed by atoms with Gasteiger partial charge in [0.15, 0.2) is 0 Å². The number of hydrogen-bond acceptors (Lipinski definition) is 3. The van der Waals surface area contributed by atoms with Gasteiger partial charge in [0.25, 0.3) is 0 Å². The molecule has 2 unspecified atom stereocenters. The highest BCUT2D eigenvalue weighted by molar-refractivity contribution is 5.16. The Morgan fingerprint density at radius 1 is 1.47 bits per heavy atom. The third kappa shape index (κ3) is 1.56. The van der Waals surface area contributed by atoms with Gasteiger partial charge in [0, 0.05) is 19.4 Å². The molecule has 3 nitrogen and oxygen atoms in total. The first-order chi connectivity index (χ1) is 7.16. The Morgan fingerprint density at radius 3 is 2.67 bits per heavy atom. The van der Waals surface area contributed by atoms with Crippen LogP contribution in [0.25, 0.3) is 0 Å². The van der Waals surface area contributed by atoms with Crippen LogP contribution in [0.2, 0.25) is 0 Å². The van der Waals surface area contributed by atoms with Crippen LogP contribution in [0.1, 0.15) is 45.4 Å². The third-order valence-corrected chi connectivity index (χ3v) is 4.20. The van der Waals surface area contributed by atoms with Crippen LogP contribution < -0.4 is 0 Å². The maximum Gasteiger partial charge on any atom is 0.0879 e. The van der Waals surface area contributed by atoms with Crippen LogP contribution >= 0.6 is 0 Å². The summed E-state index contributed by atoms with van der Waals surface area (Å²) in [5, 5.41) is 19.9. The van der Waals surface area contributed by atoms with Gasteiger partial charge in [-0.25, -0.2) is 0 Å². The normalized spacial score (nSPS) is 39.1. The van der Waals surface area contributed by atoms with Crippen molar-refractivity contribution in [1.29, 1.82) is 5.26 Å². The molecule has 1 heterocycles. The van der Waals surface area contributed by atoms with Gasteiger partial charge in [-0.15, -0.1) is 0 Å². The molecule has 0 bridgehead atoms. The van der Waals surface area contributed by atoms with E-state index < -0.39 is 11.0 Å². The summed E-state index contributed by atoms with van der Waals surface area (Å²) in [4.78, 5) is 0. The van der Waals surface area contributed by atoms with E-state index in [1.54, 1.807) is 0 Å². The highest BCUT2D eigenvalue weighted by Crippen LogP contribution is 2.53. The number of hydrogen-bond donors (Lipinski definition) is 1. The molecule has 1 saturated carbocycles. The molecule has 1 aliphatic heterocycles. The van der Waals surface area contributed by atoms with Crippen LogP contribution in [-0.4, -0.2) is 23.4 Å². The van der Waals surface area contributed by atoms with Crippen LogP contribution in [0.4, 0.5) is 0 Å². The molecule has 0 aromatic heterocycles. The predicted molar refractivity (Wildman–Crippen MR) is 56.1 cm³/mol. The maximum absolute atomic E-state index is 10.6. The van der Waals surface area contributed by atoms with Gasteiger partial charge in [0.05, 0.1) is 23.2 Å². The van der Waals surface area contributed by atoms with E-state index in [4.69, 9.17) is 4.74 Å². The molecule has 1 aliphatic carbocycles. The van der Waals surface area contributed by atoms with Gasteiger partial charge in [0.2, 0.25) is 0 Å². The van der Waals surface area contributed by atoms with E-state index in [0.29, 0.717) is 19.4 Å². The first-order valence-corrected chi connectivity index (χ1v) is 5.91. The summed E-state index contributed by atoms with van der Waals surface area (Å²) in [6.45, 7) is 2.66. The highest BCUT2D eigenvalue weighted by atomic mass is 16.5. The van der Waals surface area contributed by atoms with Gasteiger partial charge in [-0.3, -0.25) is 0 Å². The van der Waals surface area contributed by atoms with Crippen LogP contribution in [0, 0.1) is 16.7 Å². The summed E-state index contributed by atoms with van der Waals surface area (Å²) >= 11 is 0. The Hall–Kier alpha value is -0.590. The monoisotopic (exact) mass is 209 g/mol. The van der Waals surface area contributed by atoms with E-state index in [0.717, 1.165) is 25.7 Å². The molecule has 0 amide bonds. The Labute approximate surface area is 91.0 Å². The van der Waals surface area contributed by atoms with Crippen molar-refractivity contribution in [3.63, 3.8) is 0 Å². The quantitative estimate of drug-likeness (QED) is 0.756. The number of aliphatic hydroxyl groups is 1. The average Bonchev–Trinajstić information content (AvgIpc) is 2.16. The molecule has 3 heteroatoms. The van der Waals surface area contributed by atoms with E-state index in [1.807, 2.05) is 0 Å². The Morgan fingerprint density at radius 2 is 2.20 bits per heavy atom. The van der Waals surface area contributed by atoms with Crippen molar-refractivity contribution in [1.82, 2.24) is 0 Å². The van der Waals surface area contributed by atoms with E-state index in [-0.39, 0.29) is 6.10 Å². The summed E-state index contributed by atoms with van der Waals surface area (Å²) in [6.07, 6.45) is 5.10. The van der Waals surface area contributed by atoms with Gasteiger partial charge < -0.3 is 9.84 Å². The fourth-order valence-corrected chi connectivity index (χ4v) is 2.84. The first kappa shape index (κ1) is 10.9. The third-order valence-electron chi connectivity index (χ3n) is 4.20. The van der Waals surface area contributed by atoms with Crippen LogP contribution in [-0.2, 0) is 4.74 Å². The van der Waals surface area contributed by atoms with Crippen molar-refractivity contribution in [2.24, 2.45) is 5.41 Å². The van der Waals surface area contributed by atoms with Gasteiger partial charge in [-0.2, -0.15) is 5.26 Å². The van der Waals surface area contributed by atoms with Crippen LogP contribution in [0.15, 0.2) is 0 Å². The molecular weight excluding hydrogens is 190 g/mol. The zero-order valence-corrected chi connectivity index (χ0v) is 9.33. The summed E-state index contributed by atoms with van der Waals surface area (Å²) in [6, 6.07) is 2.36. The number of nitriles is 1. The van der Waals surface area contributed by atoms with E-state index in [2.05, 4.69) is 13.0 Å². The van der Waals surface area contributed by atoms with Crippen molar-refractivity contribution in [2.45, 2.75) is 57.2 Å². The van der Waals surface area contributed by atoms with Crippen molar-refractivity contribution in [2.75, 3.05) is 6.61 Å². The minimum absolute atomic E-state index is 0.134. The van der Waals surface area contributed by atoms with Crippen molar-refractivity contribution >= 4 is 0 Å². The molecule has 0 spiro atoms. The van der Waals surface area contributed by atoms with Gasteiger partial charge in [0.1, 0.15) is 0 Å². The summed E-state index contributed by atoms with van der Waals surface area (Å²) in [5.74, 6) is 0. The average molecular weight is 209 g/mol. The number of rotatable bonds is 2. The van der Waals surface area contributed by atoms with E-state index in [9.17, 15) is 10.4 Å². The van der Waals surface area contributed by atoms with Crippen LogP contribution in [0.3, 0.4) is 0 Å². The molecule has 0 aromatic rings. The van der Waals surface area contributed by atoms with Gasteiger partial charge in [-0.05, 0) is 19.3 Å². The lowest BCUT2D eigenvalue weighted by Crippen LogP contribution is -2.56. The van der Waals surface area contributed by atoms with E-state index >= 15 is 0 Å². The summed E-state index contributed by atoms with van der Waals surface area (Å²) in [7, 11) is 0. The maximum atomic E-state index is 10.6. The second kappa shape index (κ2) is 3.77.